The van der Waals surface area contributed by atoms with Gasteiger partial charge >= 0.3 is 12.2 Å². The lowest BCUT2D eigenvalue weighted by Crippen LogP contribution is -2.43. The van der Waals surface area contributed by atoms with Crippen molar-refractivity contribution < 1.29 is 19.1 Å². The highest BCUT2D eigenvalue weighted by molar-refractivity contribution is 5.88. The molecule has 2 N–H and O–H groups in total. The second-order valence-electron chi connectivity index (χ2n) is 6.28. The SMILES string of the molecule is CC(C)(C)OC(=O)N(CC=CCN)C(=O)OC(C)(C)C. The number of hydrogen-bond donors (Lipinski definition) is 1. The van der Waals surface area contributed by atoms with E-state index >= 15 is 0 Å². The molecular weight excluding hydrogens is 260 g/mol. The quantitative estimate of drug-likeness (QED) is 0.807. The Labute approximate surface area is 120 Å². The lowest BCUT2D eigenvalue weighted by atomic mass is 10.2. The van der Waals surface area contributed by atoms with E-state index in [-0.39, 0.29) is 6.54 Å². The number of ether oxygens (including phenoxy) is 2. The molecule has 0 saturated carbocycles. The van der Waals surface area contributed by atoms with E-state index in [0.717, 1.165) is 4.90 Å². The first-order valence-corrected chi connectivity index (χ1v) is 6.55. The van der Waals surface area contributed by atoms with E-state index in [1.165, 1.54) is 0 Å². The van der Waals surface area contributed by atoms with Crippen molar-refractivity contribution >= 4 is 12.2 Å². The molecule has 0 heterocycles. The fraction of sp³-hybridized carbons (Fsp3) is 0.714. The number of imide groups is 1. The van der Waals surface area contributed by atoms with Crippen LogP contribution in [0.1, 0.15) is 41.5 Å². The molecule has 20 heavy (non-hydrogen) atoms. The van der Waals surface area contributed by atoms with Gasteiger partial charge in [0.25, 0.3) is 0 Å². The summed E-state index contributed by atoms with van der Waals surface area (Å²) in [6, 6.07) is 0. The van der Waals surface area contributed by atoms with Gasteiger partial charge in [-0.25, -0.2) is 14.5 Å². The van der Waals surface area contributed by atoms with Crippen LogP contribution in [0, 0.1) is 0 Å². The van der Waals surface area contributed by atoms with Crippen LogP contribution in [0.3, 0.4) is 0 Å². The van der Waals surface area contributed by atoms with Crippen LogP contribution in [0.2, 0.25) is 0 Å². The van der Waals surface area contributed by atoms with Crippen LogP contribution in [0.15, 0.2) is 12.2 Å². The average molecular weight is 286 g/mol. The highest BCUT2D eigenvalue weighted by Gasteiger charge is 2.30. The molecule has 0 rings (SSSR count). The summed E-state index contributed by atoms with van der Waals surface area (Å²) in [7, 11) is 0. The summed E-state index contributed by atoms with van der Waals surface area (Å²) in [6.07, 6.45) is 1.79. The zero-order valence-corrected chi connectivity index (χ0v) is 13.2. The summed E-state index contributed by atoms with van der Waals surface area (Å²) in [5.41, 5.74) is 3.96. The van der Waals surface area contributed by atoms with Gasteiger partial charge < -0.3 is 15.2 Å². The second kappa shape index (κ2) is 7.28. The molecule has 0 aliphatic heterocycles. The van der Waals surface area contributed by atoms with Crippen LogP contribution in [0.4, 0.5) is 9.59 Å². The zero-order chi connectivity index (χ0) is 16.0. The summed E-state index contributed by atoms with van der Waals surface area (Å²) < 4.78 is 10.4. The third kappa shape index (κ3) is 8.53. The van der Waals surface area contributed by atoms with Crippen molar-refractivity contribution in [2.24, 2.45) is 5.73 Å². The molecule has 116 valence electrons. The van der Waals surface area contributed by atoms with Gasteiger partial charge in [-0.3, -0.25) is 0 Å². The summed E-state index contributed by atoms with van der Waals surface area (Å²) in [6.45, 7) is 10.8. The smallest absolute Gasteiger partial charge is 0.420 e. The van der Waals surface area contributed by atoms with Crippen LogP contribution in [-0.2, 0) is 9.47 Å². The largest absolute Gasteiger partial charge is 0.443 e. The van der Waals surface area contributed by atoms with Crippen molar-refractivity contribution in [2.45, 2.75) is 52.7 Å². The standard InChI is InChI=1S/C14H26N2O4/c1-13(2,3)19-11(17)16(10-8-7-9-15)12(18)20-14(4,5)6/h7-8H,9-10,15H2,1-6H3. The van der Waals surface area contributed by atoms with E-state index in [1.807, 2.05) is 0 Å². The lowest BCUT2D eigenvalue weighted by molar-refractivity contribution is 0.00373. The molecule has 0 radical (unpaired) electrons. The number of rotatable bonds is 3. The van der Waals surface area contributed by atoms with E-state index in [4.69, 9.17) is 15.2 Å². The first kappa shape index (κ1) is 18.4. The Hall–Kier alpha value is -1.56. The molecule has 0 atom stereocenters. The minimum absolute atomic E-state index is 0.0566. The van der Waals surface area contributed by atoms with E-state index in [0.29, 0.717) is 6.54 Å². The maximum Gasteiger partial charge on any atom is 0.420 e. The van der Waals surface area contributed by atoms with Gasteiger partial charge in [0, 0.05) is 6.54 Å². The van der Waals surface area contributed by atoms with Crippen molar-refractivity contribution in [3.8, 4) is 0 Å². The van der Waals surface area contributed by atoms with Gasteiger partial charge in [-0.2, -0.15) is 0 Å². The third-order valence-corrected chi connectivity index (χ3v) is 1.82. The summed E-state index contributed by atoms with van der Waals surface area (Å²) >= 11 is 0. The Kier molecular flexibility index (Phi) is 6.72. The summed E-state index contributed by atoms with van der Waals surface area (Å²) in [4.78, 5) is 24.9. The Morgan fingerprint density at radius 1 is 0.950 bits per heavy atom. The lowest BCUT2D eigenvalue weighted by Gasteiger charge is -2.28. The van der Waals surface area contributed by atoms with Gasteiger partial charge in [0.1, 0.15) is 11.2 Å². The van der Waals surface area contributed by atoms with Gasteiger partial charge in [-0.15, -0.1) is 0 Å². The number of amides is 2. The minimum atomic E-state index is -0.742. The fourth-order valence-corrected chi connectivity index (χ4v) is 1.13. The molecule has 0 aliphatic carbocycles. The van der Waals surface area contributed by atoms with E-state index in [2.05, 4.69) is 0 Å². The molecular formula is C14H26N2O4. The average Bonchev–Trinajstić information content (AvgIpc) is 2.18. The maximum atomic E-state index is 12.0. The molecule has 0 bridgehead atoms. The number of carbonyl (C=O) groups is 2. The molecule has 0 aromatic rings. The van der Waals surface area contributed by atoms with Crippen molar-refractivity contribution in [1.29, 1.82) is 0 Å². The zero-order valence-electron chi connectivity index (χ0n) is 13.2. The topological polar surface area (TPSA) is 81.9 Å². The Morgan fingerprint density at radius 3 is 1.65 bits per heavy atom. The summed E-state index contributed by atoms with van der Waals surface area (Å²) in [5, 5.41) is 0. The van der Waals surface area contributed by atoms with Crippen LogP contribution >= 0.6 is 0 Å². The van der Waals surface area contributed by atoms with Gasteiger partial charge in [0.15, 0.2) is 0 Å². The molecule has 6 heteroatoms. The van der Waals surface area contributed by atoms with Crippen LogP contribution in [0.5, 0.6) is 0 Å². The van der Waals surface area contributed by atoms with Gasteiger partial charge in [-0.05, 0) is 41.5 Å². The highest BCUT2D eigenvalue weighted by atomic mass is 16.6. The molecule has 0 aliphatic rings. The summed E-state index contributed by atoms with van der Waals surface area (Å²) in [5.74, 6) is 0. The number of carbonyl (C=O) groups excluding carboxylic acids is 2. The van der Waals surface area contributed by atoms with Crippen LogP contribution in [0.25, 0.3) is 0 Å². The highest BCUT2D eigenvalue weighted by Crippen LogP contribution is 2.14. The number of nitrogens with zero attached hydrogens (tertiary/aromatic N) is 1. The molecule has 6 nitrogen and oxygen atoms in total. The first-order valence-electron chi connectivity index (χ1n) is 6.55. The van der Waals surface area contributed by atoms with Gasteiger partial charge in [-0.1, -0.05) is 12.2 Å². The molecule has 0 aromatic heterocycles. The van der Waals surface area contributed by atoms with E-state index < -0.39 is 23.4 Å². The predicted octanol–water partition coefficient (Wildman–Crippen LogP) is 2.67. The number of hydrogen-bond acceptors (Lipinski definition) is 5. The Morgan fingerprint density at radius 2 is 1.35 bits per heavy atom. The molecule has 0 fully saturated rings. The van der Waals surface area contributed by atoms with Crippen LogP contribution < -0.4 is 5.73 Å². The van der Waals surface area contributed by atoms with Crippen molar-refractivity contribution in [3.05, 3.63) is 12.2 Å². The van der Waals surface area contributed by atoms with Gasteiger partial charge in [0.05, 0.1) is 6.54 Å². The molecule has 0 unspecified atom stereocenters. The Balaban J connectivity index is 4.93. The molecule has 2 amide bonds. The maximum absolute atomic E-state index is 12.0. The number of nitrogens with two attached hydrogens (primary N) is 1. The normalized spacial score (nSPS) is 12.3. The van der Waals surface area contributed by atoms with Gasteiger partial charge in [0.2, 0.25) is 0 Å². The second-order valence-corrected chi connectivity index (χ2v) is 6.28. The van der Waals surface area contributed by atoms with Crippen molar-refractivity contribution in [2.75, 3.05) is 13.1 Å². The third-order valence-electron chi connectivity index (χ3n) is 1.82. The van der Waals surface area contributed by atoms with E-state index in [1.54, 1.807) is 53.7 Å². The first-order chi connectivity index (χ1) is 8.96. The fourth-order valence-electron chi connectivity index (χ4n) is 1.13. The monoisotopic (exact) mass is 286 g/mol. The molecule has 0 spiro atoms. The van der Waals surface area contributed by atoms with E-state index in [9.17, 15) is 9.59 Å². The van der Waals surface area contributed by atoms with Crippen molar-refractivity contribution in [1.82, 2.24) is 4.90 Å². The molecule has 0 aromatic carbocycles. The minimum Gasteiger partial charge on any atom is -0.443 e. The molecule has 0 saturated heterocycles. The van der Waals surface area contributed by atoms with Crippen molar-refractivity contribution in [3.63, 3.8) is 0 Å². The van der Waals surface area contributed by atoms with Crippen LogP contribution in [-0.4, -0.2) is 41.4 Å². The Bertz CT molecular complexity index is 336. The predicted molar refractivity (Wildman–Crippen MR) is 77.4 cm³/mol.